The number of likely N-dealkylation sites (tertiary alicyclic amines) is 1. The van der Waals surface area contributed by atoms with Crippen molar-refractivity contribution in [2.24, 2.45) is 5.73 Å². The molecule has 18 heavy (non-hydrogen) atoms. The average molecular weight is 255 g/mol. The van der Waals surface area contributed by atoms with Crippen molar-refractivity contribution in [2.75, 3.05) is 13.1 Å². The number of nitrogens with zero attached hydrogens (tertiary/aromatic N) is 1. The van der Waals surface area contributed by atoms with E-state index in [4.69, 9.17) is 5.73 Å². The SMILES string of the molecule is CCCCNC(=O)C1CCCN1C(=O)C(C)(C)N. The average Bonchev–Trinajstić information content (AvgIpc) is 2.75. The summed E-state index contributed by atoms with van der Waals surface area (Å²) in [6.07, 6.45) is 3.62. The number of nitrogens with one attached hydrogen (secondary N) is 1. The highest BCUT2D eigenvalue weighted by Gasteiger charge is 2.38. The molecule has 0 spiro atoms. The van der Waals surface area contributed by atoms with Gasteiger partial charge >= 0.3 is 0 Å². The maximum Gasteiger partial charge on any atom is 0.242 e. The van der Waals surface area contributed by atoms with Crippen molar-refractivity contribution in [2.45, 2.75) is 58.0 Å². The second-order valence-electron chi connectivity index (χ2n) is 5.52. The number of rotatable bonds is 5. The fraction of sp³-hybridized carbons (Fsp3) is 0.846. The molecule has 1 aliphatic rings. The van der Waals surface area contributed by atoms with Gasteiger partial charge in [0.15, 0.2) is 0 Å². The van der Waals surface area contributed by atoms with E-state index in [-0.39, 0.29) is 17.9 Å². The fourth-order valence-electron chi connectivity index (χ4n) is 2.16. The molecule has 0 radical (unpaired) electrons. The van der Waals surface area contributed by atoms with E-state index in [2.05, 4.69) is 12.2 Å². The van der Waals surface area contributed by atoms with Crippen LogP contribution in [0.25, 0.3) is 0 Å². The molecule has 1 heterocycles. The summed E-state index contributed by atoms with van der Waals surface area (Å²) in [4.78, 5) is 25.8. The summed E-state index contributed by atoms with van der Waals surface area (Å²) in [5.74, 6) is -0.186. The van der Waals surface area contributed by atoms with Crippen molar-refractivity contribution in [3.8, 4) is 0 Å². The van der Waals surface area contributed by atoms with Gasteiger partial charge in [0.1, 0.15) is 6.04 Å². The predicted molar refractivity (Wildman–Crippen MR) is 70.9 cm³/mol. The van der Waals surface area contributed by atoms with E-state index >= 15 is 0 Å². The largest absolute Gasteiger partial charge is 0.354 e. The Hall–Kier alpha value is -1.10. The molecule has 1 fully saturated rings. The summed E-state index contributed by atoms with van der Waals surface area (Å²) in [5, 5.41) is 2.89. The van der Waals surface area contributed by atoms with Crippen LogP contribution in [0.4, 0.5) is 0 Å². The Morgan fingerprint density at radius 2 is 2.11 bits per heavy atom. The van der Waals surface area contributed by atoms with Gasteiger partial charge in [-0.1, -0.05) is 13.3 Å². The number of amides is 2. The quantitative estimate of drug-likeness (QED) is 0.708. The lowest BCUT2D eigenvalue weighted by molar-refractivity contribution is -0.141. The van der Waals surface area contributed by atoms with E-state index in [1.54, 1.807) is 18.7 Å². The van der Waals surface area contributed by atoms with Gasteiger partial charge in [-0.25, -0.2) is 0 Å². The van der Waals surface area contributed by atoms with Crippen LogP contribution < -0.4 is 11.1 Å². The van der Waals surface area contributed by atoms with E-state index in [0.29, 0.717) is 13.1 Å². The number of unbranched alkanes of at least 4 members (excludes halogenated alkanes) is 1. The number of hydrogen-bond acceptors (Lipinski definition) is 3. The zero-order valence-corrected chi connectivity index (χ0v) is 11.7. The molecule has 0 aromatic carbocycles. The molecule has 5 heteroatoms. The first-order chi connectivity index (χ1) is 8.38. The Balaban J connectivity index is 2.59. The second kappa shape index (κ2) is 6.18. The summed E-state index contributed by atoms with van der Waals surface area (Å²) in [6, 6.07) is -0.336. The maximum absolute atomic E-state index is 12.1. The number of hydrogen-bond donors (Lipinski definition) is 2. The minimum atomic E-state index is -0.910. The molecule has 0 bridgehead atoms. The highest BCUT2D eigenvalue weighted by molar-refractivity contribution is 5.92. The second-order valence-corrected chi connectivity index (χ2v) is 5.52. The first kappa shape index (κ1) is 15.0. The molecule has 3 N–H and O–H groups in total. The minimum absolute atomic E-state index is 0.0430. The van der Waals surface area contributed by atoms with Gasteiger partial charge in [0.2, 0.25) is 11.8 Å². The molecular weight excluding hydrogens is 230 g/mol. The third-order valence-electron chi connectivity index (χ3n) is 3.20. The van der Waals surface area contributed by atoms with Gasteiger partial charge in [0, 0.05) is 13.1 Å². The number of carbonyl (C=O) groups is 2. The highest BCUT2D eigenvalue weighted by atomic mass is 16.2. The first-order valence-corrected chi connectivity index (χ1v) is 6.75. The van der Waals surface area contributed by atoms with Crippen LogP contribution in [0, 0.1) is 0 Å². The summed E-state index contributed by atoms with van der Waals surface area (Å²) in [7, 11) is 0. The van der Waals surface area contributed by atoms with Crippen molar-refractivity contribution < 1.29 is 9.59 Å². The molecule has 0 aromatic rings. The molecule has 2 amide bonds. The number of carbonyl (C=O) groups excluding carboxylic acids is 2. The van der Waals surface area contributed by atoms with E-state index in [1.807, 2.05) is 0 Å². The lowest BCUT2D eigenvalue weighted by Gasteiger charge is -2.30. The van der Waals surface area contributed by atoms with Crippen molar-refractivity contribution in [3.05, 3.63) is 0 Å². The molecule has 1 atom stereocenters. The third kappa shape index (κ3) is 3.70. The summed E-state index contributed by atoms with van der Waals surface area (Å²) >= 11 is 0. The van der Waals surface area contributed by atoms with Crippen LogP contribution in [0.2, 0.25) is 0 Å². The standard InChI is InChI=1S/C13H25N3O2/c1-4-5-8-15-11(17)10-7-6-9-16(10)12(18)13(2,3)14/h10H,4-9,14H2,1-3H3,(H,15,17). The van der Waals surface area contributed by atoms with Crippen molar-refractivity contribution in [1.29, 1.82) is 0 Å². The van der Waals surface area contributed by atoms with Crippen LogP contribution in [0.15, 0.2) is 0 Å². The molecule has 0 saturated carbocycles. The van der Waals surface area contributed by atoms with E-state index in [0.717, 1.165) is 25.7 Å². The lowest BCUT2D eigenvalue weighted by atomic mass is 10.0. The monoisotopic (exact) mass is 255 g/mol. The van der Waals surface area contributed by atoms with E-state index < -0.39 is 5.54 Å². The zero-order valence-electron chi connectivity index (χ0n) is 11.7. The van der Waals surface area contributed by atoms with Crippen LogP contribution in [-0.2, 0) is 9.59 Å². The normalized spacial score (nSPS) is 20.0. The highest BCUT2D eigenvalue weighted by Crippen LogP contribution is 2.20. The molecule has 1 aliphatic heterocycles. The molecule has 1 unspecified atom stereocenters. The number of nitrogens with two attached hydrogens (primary N) is 1. The molecule has 5 nitrogen and oxygen atoms in total. The summed E-state index contributed by atoms with van der Waals surface area (Å²) < 4.78 is 0. The van der Waals surface area contributed by atoms with E-state index in [9.17, 15) is 9.59 Å². The van der Waals surface area contributed by atoms with Gasteiger partial charge in [0.25, 0.3) is 0 Å². The Kier molecular flexibility index (Phi) is 5.14. The zero-order chi connectivity index (χ0) is 13.8. The van der Waals surface area contributed by atoms with Crippen LogP contribution in [0.1, 0.15) is 46.5 Å². The van der Waals surface area contributed by atoms with Crippen molar-refractivity contribution in [3.63, 3.8) is 0 Å². The van der Waals surface area contributed by atoms with Crippen molar-refractivity contribution in [1.82, 2.24) is 10.2 Å². The van der Waals surface area contributed by atoms with Crippen LogP contribution in [-0.4, -0.2) is 41.4 Å². The third-order valence-corrected chi connectivity index (χ3v) is 3.20. The molecule has 1 rings (SSSR count). The van der Waals surface area contributed by atoms with Gasteiger partial charge in [-0.3, -0.25) is 9.59 Å². The van der Waals surface area contributed by atoms with Crippen LogP contribution in [0.3, 0.4) is 0 Å². The molecule has 0 aliphatic carbocycles. The van der Waals surface area contributed by atoms with Crippen LogP contribution >= 0.6 is 0 Å². The summed E-state index contributed by atoms with van der Waals surface area (Å²) in [6.45, 7) is 6.75. The van der Waals surface area contributed by atoms with Crippen molar-refractivity contribution >= 4 is 11.8 Å². The van der Waals surface area contributed by atoms with Gasteiger partial charge in [-0.15, -0.1) is 0 Å². The van der Waals surface area contributed by atoms with Gasteiger partial charge in [0.05, 0.1) is 5.54 Å². The van der Waals surface area contributed by atoms with E-state index in [1.165, 1.54) is 0 Å². The Morgan fingerprint density at radius 1 is 1.44 bits per heavy atom. The molecule has 1 saturated heterocycles. The smallest absolute Gasteiger partial charge is 0.242 e. The fourth-order valence-corrected chi connectivity index (χ4v) is 2.16. The summed E-state index contributed by atoms with van der Waals surface area (Å²) in [5.41, 5.74) is 4.91. The first-order valence-electron chi connectivity index (χ1n) is 6.75. The Morgan fingerprint density at radius 3 is 2.67 bits per heavy atom. The van der Waals surface area contributed by atoms with Gasteiger partial charge in [-0.2, -0.15) is 0 Å². The molecule has 0 aromatic heterocycles. The Labute approximate surface area is 109 Å². The molecular formula is C13H25N3O2. The maximum atomic E-state index is 12.1. The molecule has 104 valence electrons. The van der Waals surface area contributed by atoms with Gasteiger partial charge in [-0.05, 0) is 33.1 Å². The topological polar surface area (TPSA) is 75.4 Å². The minimum Gasteiger partial charge on any atom is -0.354 e. The lowest BCUT2D eigenvalue weighted by Crippen LogP contribution is -2.55. The Bertz CT molecular complexity index is 310. The van der Waals surface area contributed by atoms with Gasteiger partial charge < -0.3 is 16.0 Å². The predicted octanol–water partition coefficient (Wildman–Crippen LogP) is 0.631. The van der Waals surface area contributed by atoms with Crippen LogP contribution in [0.5, 0.6) is 0 Å².